The van der Waals surface area contributed by atoms with Crippen LogP contribution in [-0.2, 0) is 24.8 Å². The van der Waals surface area contributed by atoms with Gasteiger partial charge in [-0.1, -0.05) is 24.3 Å². The van der Waals surface area contributed by atoms with Crippen LogP contribution in [0.2, 0.25) is 0 Å². The Labute approximate surface area is 197 Å². The van der Waals surface area contributed by atoms with E-state index in [1.807, 2.05) is 53.4 Å². The molecule has 0 radical (unpaired) electrons. The second kappa shape index (κ2) is 9.21. The van der Waals surface area contributed by atoms with Crippen molar-refractivity contribution >= 4 is 16.9 Å². The van der Waals surface area contributed by atoms with E-state index >= 15 is 0 Å². The number of rotatable bonds is 6. The third-order valence-electron chi connectivity index (χ3n) is 6.55. The van der Waals surface area contributed by atoms with E-state index in [1.165, 1.54) is 0 Å². The highest BCUT2D eigenvalue weighted by atomic mass is 16.5. The number of hydrogen-bond acceptors (Lipinski definition) is 5. The van der Waals surface area contributed by atoms with Crippen molar-refractivity contribution in [3.63, 3.8) is 0 Å². The van der Waals surface area contributed by atoms with E-state index in [0.29, 0.717) is 25.4 Å². The Morgan fingerprint density at radius 3 is 2.82 bits per heavy atom. The Balaban J connectivity index is 1.28. The van der Waals surface area contributed by atoms with Crippen molar-refractivity contribution in [2.45, 2.75) is 31.7 Å². The zero-order valence-corrected chi connectivity index (χ0v) is 19.4. The van der Waals surface area contributed by atoms with E-state index in [1.54, 1.807) is 29.5 Å². The Morgan fingerprint density at radius 1 is 1.18 bits per heavy atom. The van der Waals surface area contributed by atoms with Gasteiger partial charge in [-0.2, -0.15) is 0 Å². The predicted molar refractivity (Wildman–Crippen MR) is 128 cm³/mol. The van der Waals surface area contributed by atoms with Crippen LogP contribution < -0.4 is 10.4 Å². The van der Waals surface area contributed by atoms with Gasteiger partial charge in [-0.05, 0) is 42.7 Å². The molecule has 34 heavy (non-hydrogen) atoms. The van der Waals surface area contributed by atoms with Gasteiger partial charge in [0.15, 0.2) is 5.89 Å². The topological polar surface area (TPSA) is 82.5 Å². The quantitative estimate of drug-likeness (QED) is 0.441. The zero-order chi connectivity index (χ0) is 23.7. The lowest BCUT2D eigenvalue weighted by molar-refractivity contribution is -0.133. The molecule has 1 amide bonds. The summed E-state index contributed by atoms with van der Waals surface area (Å²) in [4.78, 5) is 32.2. The van der Waals surface area contributed by atoms with Crippen LogP contribution >= 0.6 is 0 Å². The molecule has 3 heterocycles. The molecule has 1 fully saturated rings. The third-order valence-corrected chi connectivity index (χ3v) is 6.55. The smallest absolute Gasteiger partial charge is 0.329 e. The number of para-hydroxylation sites is 2. The fourth-order valence-corrected chi connectivity index (χ4v) is 4.73. The van der Waals surface area contributed by atoms with Crippen LogP contribution in [0.1, 0.15) is 36.0 Å². The molecule has 5 rings (SSSR count). The molecule has 0 N–H and O–H groups in total. The molecule has 0 spiro atoms. The molecule has 176 valence electrons. The molecular formula is C26H28N4O4. The number of ether oxygens (including phenoxy) is 1. The normalized spacial score (nSPS) is 16.2. The fourth-order valence-electron chi connectivity index (χ4n) is 4.73. The van der Waals surface area contributed by atoms with Gasteiger partial charge in [-0.3, -0.25) is 13.9 Å². The monoisotopic (exact) mass is 460 g/mol. The van der Waals surface area contributed by atoms with Gasteiger partial charge in [0.2, 0.25) is 5.91 Å². The number of piperidine rings is 1. The van der Waals surface area contributed by atoms with Gasteiger partial charge < -0.3 is 14.1 Å². The summed E-state index contributed by atoms with van der Waals surface area (Å²) in [7, 11) is 3.38. The van der Waals surface area contributed by atoms with Gasteiger partial charge in [-0.25, -0.2) is 9.78 Å². The van der Waals surface area contributed by atoms with Crippen LogP contribution in [0.15, 0.2) is 63.9 Å². The van der Waals surface area contributed by atoms with Crippen molar-refractivity contribution < 1.29 is 13.9 Å². The number of oxazole rings is 1. The first-order valence-electron chi connectivity index (χ1n) is 11.5. The summed E-state index contributed by atoms with van der Waals surface area (Å²) in [5, 5.41) is 0. The number of aryl methyl sites for hydroxylation is 1. The summed E-state index contributed by atoms with van der Waals surface area (Å²) < 4.78 is 14.5. The van der Waals surface area contributed by atoms with Crippen molar-refractivity contribution in [1.29, 1.82) is 0 Å². The summed E-state index contributed by atoms with van der Waals surface area (Å²) >= 11 is 0. The first-order valence-corrected chi connectivity index (χ1v) is 11.5. The van der Waals surface area contributed by atoms with Crippen LogP contribution in [0.5, 0.6) is 5.75 Å². The van der Waals surface area contributed by atoms with Crippen molar-refractivity contribution in [1.82, 2.24) is 19.0 Å². The van der Waals surface area contributed by atoms with Crippen molar-refractivity contribution in [3.8, 4) is 5.75 Å². The van der Waals surface area contributed by atoms with Crippen LogP contribution in [0, 0.1) is 0 Å². The lowest BCUT2D eigenvalue weighted by Crippen LogP contribution is -2.42. The standard InChI is InChI=1S/C26H28N4O4/c1-28-22-10-3-4-11-23(22)30(26(28)32)17-24(31)29-12-6-8-19(16-29)25-27-15-21(34-25)14-18-7-5-9-20(13-18)33-2/h3-5,7,9-11,13,15,19H,6,8,12,14,16-17H2,1-2H3/t19-/m0/s1. The number of fused-ring (bicyclic) bond motifs is 1. The van der Waals surface area contributed by atoms with Gasteiger partial charge in [-0.15, -0.1) is 0 Å². The van der Waals surface area contributed by atoms with Crippen LogP contribution in [-0.4, -0.2) is 45.1 Å². The van der Waals surface area contributed by atoms with Crippen molar-refractivity contribution in [3.05, 3.63) is 82.4 Å². The number of methoxy groups -OCH3 is 1. The molecule has 0 unspecified atom stereocenters. The maximum Gasteiger partial charge on any atom is 0.329 e. The largest absolute Gasteiger partial charge is 0.497 e. The Bertz CT molecular complexity index is 1380. The minimum Gasteiger partial charge on any atom is -0.497 e. The number of nitrogens with zero attached hydrogens (tertiary/aromatic N) is 4. The maximum absolute atomic E-state index is 13.2. The molecule has 0 bridgehead atoms. The first kappa shape index (κ1) is 22.0. The van der Waals surface area contributed by atoms with Gasteiger partial charge in [0, 0.05) is 26.6 Å². The summed E-state index contributed by atoms with van der Waals surface area (Å²) in [6, 6.07) is 15.4. The highest BCUT2D eigenvalue weighted by Gasteiger charge is 2.28. The number of benzene rings is 2. The van der Waals surface area contributed by atoms with E-state index in [2.05, 4.69) is 4.98 Å². The highest BCUT2D eigenvalue weighted by Crippen LogP contribution is 2.28. The number of hydrogen-bond donors (Lipinski definition) is 0. The molecule has 2 aromatic heterocycles. The number of carbonyl (C=O) groups is 1. The Morgan fingerprint density at radius 2 is 2.00 bits per heavy atom. The molecule has 0 saturated carbocycles. The first-order chi connectivity index (χ1) is 16.5. The Kier molecular flexibility index (Phi) is 5.96. The SMILES string of the molecule is COc1cccc(Cc2cnc([C@H]3CCCN(C(=O)Cn4c(=O)n(C)c5ccccc54)C3)o2)c1. The highest BCUT2D eigenvalue weighted by molar-refractivity contribution is 5.81. The van der Waals surface area contributed by atoms with Crippen molar-refractivity contribution in [2.24, 2.45) is 7.05 Å². The second-order valence-electron chi connectivity index (χ2n) is 8.79. The van der Waals surface area contributed by atoms with E-state index in [4.69, 9.17) is 9.15 Å². The number of carbonyl (C=O) groups excluding carboxylic acids is 1. The van der Waals surface area contributed by atoms with E-state index in [-0.39, 0.29) is 24.1 Å². The fraction of sp³-hybridized carbons (Fsp3) is 0.346. The van der Waals surface area contributed by atoms with Crippen LogP contribution in [0.4, 0.5) is 0 Å². The molecule has 2 aromatic carbocycles. The maximum atomic E-state index is 13.2. The van der Waals surface area contributed by atoms with Crippen LogP contribution in [0.3, 0.4) is 0 Å². The molecule has 1 aliphatic heterocycles. The minimum absolute atomic E-state index is 0.0274. The summed E-state index contributed by atoms with van der Waals surface area (Å²) in [5.41, 5.74) is 2.49. The molecule has 8 heteroatoms. The molecule has 4 aromatic rings. The van der Waals surface area contributed by atoms with Gasteiger partial charge in [0.25, 0.3) is 0 Å². The second-order valence-corrected chi connectivity index (χ2v) is 8.79. The molecule has 1 aliphatic rings. The third kappa shape index (κ3) is 4.23. The predicted octanol–water partition coefficient (Wildman–Crippen LogP) is 3.33. The average molecular weight is 461 g/mol. The van der Waals surface area contributed by atoms with E-state index in [9.17, 15) is 9.59 Å². The lowest BCUT2D eigenvalue weighted by Gasteiger charge is -2.31. The molecule has 8 nitrogen and oxygen atoms in total. The van der Waals surface area contributed by atoms with Gasteiger partial charge in [0.1, 0.15) is 18.1 Å². The van der Waals surface area contributed by atoms with Crippen molar-refractivity contribution in [2.75, 3.05) is 20.2 Å². The number of imidazole rings is 1. The summed E-state index contributed by atoms with van der Waals surface area (Å²) in [6.07, 6.45) is 4.18. The average Bonchev–Trinajstić information content (AvgIpc) is 3.43. The van der Waals surface area contributed by atoms with Gasteiger partial charge >= 0.3 is 5.69 Å². The molecule has 1 atom stereocenters. The number of likely N-dealkylation sites (tertiary alicyclic amines) is 1. The minimum atomic E-state index is -0.182. The number of aromatic nitrogens is 3. The lowest BCUT2D eigenvalue weighted by atomic mass is 9.98. The molecule has 1 saturated heterocycles. The molecule has 0 aliphatic carbocycles. The van der Waals surface area contributed by atoms with E-state index < -0.39 is 0 Å². The van der Waals surface area contributed by atoms with Gasteiger partial charge in [0.05, 0.1) is 30.3 Å². The summed E-state index contributed by atoms with van der Waals surface area (Å²) in [5.74, 6) is 2.24. The van der Waals surface area contributed by atoms with Crippen LogP contribution in [0.25, 0.3) is 11.0 Å². The van der Waals surface area contributed by atoms with E-state index in [0.717, 1.165) is 40.9 Å². The summed E-state index contributed by atoms with van der Waals surface area (Å²) in [6.45, 7) is 1.24. The Hall–Kier alpha value is -3.81. The number of amides is 1. The zero-order valence-electron chi connectivity index (χ0n) is 19.4. The molecular weight excluding hydrogens is 432 g/mol.